The minimum atomic E-state index is -0.520. The van der Waals surface area contributed by atoms with Gasteiger partial charge in [-0.15, -0.1) is 11.3 Å². The lowest BCUT2D eigenvalue weighted by molar-refractivity contribution is 0.100. The van der Waals surface area contributed by atoms with Crippen molar-refractivity contribution in [3.05, 3.63) is 47.7 Å². The average molecular weight is 477 g/mol. The summed E-state index contributed by atoms with van der Waals surface area (Å²) in [4.78, 5) is 30.3. The first-order valence-electron chi connectivity index (χ1n) is 10.8. The maximum absolute atomic E-state index is 11.6. The maximum Gasteiger partial charge on any atom is 0.272 e. The molecule has 1 amide bonds. The molecule has 5 rings (SSSR count). The molecule has 34 heavy (non-hydrogen) atoms. The minimum absolute atomic E-state index is 0.266. The van der Waals surface area contributed by atoms with Gasteiger partial charge in [-0.3, -0.25) is 4.79 Å². The molecular weight excluding hydrogens is 452 g/mol. The first-order chi connectivity index (χ1) is 16.4. The highest BCUT2D eigenvalue weighted by molar-refractivity contribution is 7.18. The lowest BCUT2D eigenvalue weighted by Crippen LogP contribution is -2.44. The minimum Gasteiger partial charge on any atom is -0.382 e. The van der Waals surface area contributed by atoms with Gasteiger partial charge >= 0.3 is 0 Å². The molecule has 1 aliphatic heterocycles. The first-order valence-corrected chi connectivity index (χ1v) is 11.6. The van der Waals surface area contributed by atoms with Gasteiger partial charge in [-0.1, -0.05) is 11.2 Å². The second kappa shape index (κ2) is 8.84. The second-order valence-corrected chi connectivity index (χ2v) is 9.24. The number of aryl methyl sites for hydroxylation is 1. The number of pyridine rings is 1. The van der Waals surface area contributed by atoms with Crippen molar-refractivity contribution in [2.75, 3.05) is 43.9 Å². The molecule has 0 saturated carbocycles. The van der Waals surface area contributed by atoms with Crippen LogP contribution in [-0.4, -0.2) is 64.1 Å². The number of piperazine rings is 1. The topological polar surface area (TPSA) is 140 Å². The molecule has 1 aliphatic rings. The van der Waals surface area contributed by atoms with E-state index in [4.69, 9.17) is 16.0 Å². The van der Waals surface area contributed by atoms with Gasteiger partial charge in [0.2, 0.25) is 11.7 Å². The van der Waals surface area contributed by atoms with Crippen LogP contribution in [0.5, 0.6) is 0 Å². The number of carbonyl (C=O) groups is 1. The number of benzene rings is 1. The fraction of sp³-hybridized carbons (Fsp3) is 0.261. The number of anilines is 2. The van der Waals surface area contributed by atoms with Gasteiger partial charge in [0.05, 0.1) is 0 Å². The molecular formula is C23H24N8O2S. The normalized spacial score (nSPS) is 14.5. The number of hydrogen-bond acceptors (Lipinski definition) is 10. The highest BCUT2D eigenvalue weighted by atomic mass is 32.1. The largest absolute Gasteiger partial charge is 0.382 e. The standard InChI is InChI=1S/C23H24N8O2S/c1-13-3-4-14(20(25)32)11-16(13)21-28-22(33-29-21)18-19(24)27-23(34-18)15-5-6-17(26-12-15)31-9-7-30(2)8-10-31/h3-6,11-12H,7-10,24H2,1-2H3,(H2,25,32). The van der Waals surface area contributed by atoms with Gasteiger partial charge in [0.1, 0.15) is 21.5 Å². The van der Waals surface area contributed by atoms with E-state index in [1.165, 1.54) is 11.3 Å². The zero-order chi connectivity index (χ0) is 23.8. The summed E-state index contributed by atoms with van der Waals surface area (Å²) in [6, 6.07) is 9.13. The highest BCUT2D eigenvalue weighted by Gasteiger charge is 2.21. The Hall–Kier alpha value is -3.83. The van der Waals surface area contributed by atoms with Crippen molar-refractivity contribution >= 4 is 28.9 Å². The summed E-state index contributed by atoms with van der Waals surface area (Å²) < 4.78 is 5.48. The molecule has 4 heterocycles. The Labute approximate surface area is 200 Å². The van der Waals surface area contributed by atoms with E-state index in [1.54, 1.807) is 18.2 Å². The molecule has 0 aliphatic carbocycles. The van der Waals surface area contributed by atoms with Crippen LogP contribution in [0.4, 0.5) is 11.6 Å². The number of nitrogen functional groups attached to an aromatic ring is 1. The number of carbonyl (C=O) groups excluding carboxylic acids is 1. The molecule has 0 unspecified atom stereocenters. The van der Waals surface area contributed by atoms with E-state index < -0.39 is 5.91 Å². The van der Waals surface area contributed by atoms with Crippen LogP contribution in [-0.2, 0) is 0 Å². The van der Waals surface area contributed by atoms with E-state index in [1.807, 2.05) is 25.3 Å². The zero-order valence-corrected chi connectivity index (χ0v) is 19.7. The summed E-state index contributed by atoms with van der Waals surface area (Å²) in [5, 5.41) is 4.80. The number of nitrogens with two attached hydrogens (primary N) is 2. The predicted octanol–water partition coefficient (Wildman–Crippen LogP) is 2.66. The molecule has 4 aromatic rings. The number of amides is 1. The fourth-order valence-corrected chi connectivity index (χ4v) is 4.68. The summed E-state index contributed by atoms with van der Waals surface area (Å²) in [5.74, 6) is 1.36. The molecule has 0 radical (unpaired) electrons. The van der Waals surface area contributed by atoms with Crippen molar-refractivity contribution < 1.29 is 9.32 Å². The molecule has 4 N–H and O–H groups in total. The van der Waals surface area contributed by atoms with Gasteiger partial charge < -0.3 is 25.8 Å². The van der Waals surface area contributed by atoms with Gasteiger partial charge in [0.15, 0.2) is 0 Å². The van der Waals surface area contributed by atoms with Gasteiger partial charge in [-0.05, 0) is 43.8 Å². The molecule has 11 heteroatoms. The van der Waals surface area contributed by atoms with Crippen molar-refractivity contribution in [1.82, 2.24) is 25.0 Å². The lowest BCUT2D eigenvalue weighted by Gasteiger charge is -2.33. The first kappa shape index (κ1) is 22.0. The quantitative estimate of drug-likeness (QED) is 0.445. The van der Waals surface area contributed by atoms with Crippen LogP contribution < -0.4 is 16.4 Å². The van der Waals surface area contributed by atoms with Crippen molar-refractivity contribution in [3.63, 3.8) is 0 Å². The number of likely N-dealkylation sites (N-methyl/N-ethyl adjacent to an activating group) is 1. The lowest BCUT2D eigenvalue weighted by atomic mass is 10.0. The third-order valence-corrected chi connectivity index (χ3v) is 6.97. The molecule has 0 bridgehead atoms. The van der Waals surface area contributed by atoms with Gasteiger partial charge in [0, 0.05) is 49.1 Å². The summed E-state index contributed by atoms with van der Waals surface area (Å²) >= 11 is 1.36. The Morgan fingerprint density at radius 3 is 2.62 bits per heavy atom. The summed E-state index contributed by atoms with van der Waals surface area (Å²) in [6.45, 7) is 5.85. The number of aromatic nitrogens is 4. The fourth-order valence-electron chi connectivity index (χ4n) is 3.79. The Bertz CT molecular complexity index is 1340. The van der Waals surface area contributed by atoms with E-state index in [9.17, 15) is 4.79 Å². The number of thiazole rings is 1. The smallest absolute Gasteiger partial charge is 0.272 e. The number of primary amides is 1. The molecule has 1 saturated heterocycles. The number of nitrogens with zero attached hydrogens (tertiary/aromatic N) is 6. The summed E-state index contributed by atoms with van der Waals surface area (Å²) in [5.41, 5.74) is 14.4. The monoisotopic (exact) mass is 476 g/mol. The van der Waals surface area contributed by atoms with Gasteiger partial charge in [0.25, 0.3) is 5.89 Å². The Balaban J connectivity index is 1.39. The van der Waals surface area contributed by atoms with E-state index in [2.05, 4.69) is 37.0 Å². The Morgan fingerprint density at radius 1 is 1.12 bits per heavy atom. The Kier molecular flexibility index (Phi) is 5.72. The van der Waals surface area contributed by atoms with E-state index in [-0.39, 0.29) is 5.89 Å². The molecule has 0 spiro atoms. The van der Waals surface area contributed by atoms with Crippen LogP contribution in [0.15, 0.2) is 41.1 Å². The van der Waals surface area contributed by atoms with Gasteiger partial charge in [-0.2, -0.15) is 4.98 Å². The molecule has 0 atom stereocenters. The Morgan fingerprint density at radius 2 is 1.91 bits per heavy atom. The maximum atomic E-state index is 11.6. The van der Waals surface area contributed by atoms with Crippen LogP contribution in [0.1, 0.15) is 15.9 Å². The van der Waals surface area contributed by atoms with Crippen molar-refractivity contribution in [2.24, 2.45) is 5.73 Å². The highest BCUT2D eigenvalue weighted by Crippen LogP contribution is 2.37. The summed E-state index contributed by atoms with van der Waals surface area (Å²) in [7, 11) is 2.13. The van der Waals surface area contributed by atoms with Crippen molar-refractivity contribution in [1.29, 1.82) is 0 Å². The van der Waals surface area contributed by atoms with Crippen molar-refractivity contribution in [3.8, 4) is 32.7 Å². The average Bonchev–Trinajstić information content (AvgIpc) is 3.47. The molecule has 174 valence electrons. The van der Waals surface area contributed by atoms with E-state index in [0.717, 1.165) is 48.1 Å². The molecule has 3 aromatic heterocycles. The second-order valence-electron chi connectivity index (χ2n) is 8.25. The SMILES string of the molecule is Cc1ccc(C(N)=O)cc1-c1noc(-c2sc(-c3ccc(N4CCN(C)CC4)nc3)nc2N)n1. The van der Waals surface area contributed by atoms with E-state index >= 15 is 0 Å². The van der Waals surface area contributed by atoms with Crippen LogP contribution in [0, 0.1) is 6.92 Å². The van der Waals surface area contributed by atoms with Crippen LogP contribution in [0.3, 0.4) is 0 Å². The predicted molar refractivity (Wildman–Crippen MR) is 131 cm³/mol. The number of rotatable bonds is 5. The van der Waals surface area contributed by atoms with Crippen LogP contribution in [0.25, 0.3) is 32.7 Å². The van der Waals surface area contributed by atoms with Crippen LogP contribution in [0.2, 0.25) is 0 Å². The third-order valence-electron chi connectivity index (χ3n) is 5.86. The zero-order valence-electron chi connectivity index (χ0n) is 18.9. The molecule has 1 fully saturated rings. The van der Waals surface area contributed by atoms with Crippen LogP contribution >= 0.6 is 11.3 Å². The third kappa shape index (κ3) is 4.22. The number of hydrogen-bond donors (Lipinski definition) is 2. The summed E-state index contributed by atoms with van der Waals surface area (Å²) in [6.07, 6.45) is 1.81. The van der Waals surface area contributed by atoms with E-state index in [0.29, 0.717) is 27.6 Å². The van der Waals surface area contributed by atoms with Gasteiger partial charge in [-0.25, -0.2) is 9.97 Å². The molecule has 10 nitrogen and oxygen atoms in total. The van der Waals surface area contributed by atoms with Crippen molar-refractivity contribution in [2.45, 2.75) is 6.92 Å². The molecule has 1 aromatic carbocycles.